The summed E-state index contributed by atoms with van der Waals surface area (Å²) in [7, 11) is 2.14. The Labute approximate surface area is 89.1 Å². The van der Waals surface area contributed by atoms with E-state index < -0.39 is 0 Å². The minimum Gasteiger partial charge on any atom is -0.348 e. The Kier molecular flexibility index (Phi) is 2.55. The maximum atomic E-state index is 2.29. The fraction of sp³-hybridized carbons (Fsp3) is 0.333. The van der Waals surface area contributed by atoms with Crippen LogP contribution in [0.25, 0.3) is 10.9 Å². The molecule has 0 aliphatic rings. The van der Waals surface area contributed by atoms with Crippen LogP contribution >= 0.6 is 11.8 Å². The number of rotatable bonds is 2. The largest absolute Gasteiger partial charge is 0.348 e. The molecule has 0 N–H and O–H groups in total. The number of hydrogen-bond donors (Lipinski definition) is 0. The van der Waals surface area contributed by atoms with Crippen LogP contribution in [0, 0.1) is 0 Å². The van der Waals surface area contributed by atoms with Gasteiger partial charge < -0.3 is 4.57 Å². The van der Waals surface area contributed by atoms with Crippen molar-refractivity contribution in [3.63, 3.8) is 0 Å². The first kappa shape index (κ1) is 9.66. The van der Waals surface area contributed by atoms with Crippen molar-refractivity contribution in [3.8, 4) is 0 Å². The van der Waals surface area contributed by atoms with Crippen LogP contribution in [0.3, 0.4) is 0 Å². The van der Waals surface area contributed by atoms with Crippen LogP contribution in [0.5, 0.6) is 0 Å². The number of fused-ring (bicyclic) bond motifs is 1. The van der Waals surface area contributed by atoms with E-state index >= 15 is 0 Å². The first-order valence-corrected chi connectivity index (χ1v) is 6.11. The maximum absolute atomic E-state index is 2.29. The van der Waals surface area contributed by atoms with Crippen molar-refractivity contribution in [1.82, 2.24) is 4.57 Å². The fourth-order valence-corrected chi connectivity index (χ4v) is 2.30. The van der Waals surface area contributed by atoms with Crippen LogP contribution in [0.4, 0.5) is 0 Å². The van der Waals surface area contributed by atoms with Crippen molar-refractivity contribution in [2.75, 3.05) is 6.26 Å². The zero-order valence-corrected chi connectivity index (χ0v) is 9.69. The number of thioether (sulfide) groups is 1. The molecule has 1 aromatic heterocycles. The molecule has 2 aromatic rings. The molecule has 0 spiro atoms. The van der Waals surface area contributed by atoms with Gasteiger partial charge in [-0.25, -0.2) is 0 Å². The Morgan fingerprint density at radius 1 is 1.29 bits per heavy atom. The van der Waals surface area contributed by atoms with Gasteiger partial charge in [0.15, 0.2) is 0 Å². The lowest BCUT2D eigenvalue weighted by molar-refractivity contribution is 0.865. The topological polar surface area (TPSA) is 4.93 Å². The van der Waals surface area contributed by atoms with Crippen molar-refractivity contribution in [3.05, 3.63) is 30.0 Å². The molecular weight excluding hydrogens is 190 g/mol. The number of aromatic nitrogens is 1. The first-order chi connectivity index (χ1) is 6.76. The van der Waals surface area contributed by atoms with Crippen molar-refractivity contribution in [2.24, 2.45) is 7.05 Å². The molecule has 74 valence electrons. The first-order valence-electron chi connectivity index (χ1n) is 4.88. The van der Waals surface area contributed by atoms with Gasteiger partial charge >= 0.3 is 0 Å². The minimum atomic E-state index is 1.10. The van der Waals surface area contributed by atoms with Crippen molar-refractivity contribution >= 4 is 22.7 Å². The molecule has 2 rings (SSSR count). The molecule has 0 saturated carbocycles. The molecule has 0 bridgehead atoms. The van der Waals surface area contributed by atoms with Crippen molar-refractivity contribution in [1.29, 1.82) is 0 Å². The molecule has 2 heteroatoms. The van der Waals surface area contributed by atoms with Gasteiger partial charge in [-0.05, 0) is 36.9 Å². The molecule has 0 saturated heterocycles. The summed E-state index contributed by atoms with van der Waals surface area (Å²) in [6, 6.07) is 8.95. The highest BCUT2D eigenvalue weighted by molar-refractivity contribution is 7.98. The average Bonchev–Trinajstić information content (AvgIpc) is 2.55. The standard InChI is InChI=1S/C12H15NS/c1-4-10-7-9-8-11(14-3)5-6-12(9)13(10)2/h5-8H,4H2,1-3H3. The predicted octanol–water partition coefficient (Wildman–Crippen LogP) is 3.46. The van der Waals surface area contributed by atoms with Gasteiger partial charge in [0.05, 0.1) is 0 Å². The van der Waals surface area contributed by atoms with E-state index in [-0.39, 0.29) is 0 Å². The van der Waals surface area contributed by atoms with Gasteiger partial charge in [-0.15, -0.1) is 11.8 Å². The number of nitrogens with zero attached hydrogens (tertiary/aromatic N) is 1. The van der Waals surface area contributed by atoms with E-state index in [0.29, 0.717) is 0 Å². The van der Waals surface area contributed by atoms with Gasteiger partial charge in [-0.1, -0.05) is 6.92 Å². The molecule has 14 heavy (non-hydrogen) atoms. The summed E-state index contributed by atoms with van der Waals surface area (Å²) in [6.07, 6.45) is 3.21. The average molecular weight is 205 g/mol. The van der Waals surface area contributed by atoms with Crippen LogP contribution < -0.4 is 0 Å². The van der Waals surface area contributed by atoms with E-state index in [4.69, 9.17) is 0 Å². The van der Waals surface area contributed by atoms with Crippen molar-refractivity contribution in [2.45, 2.75) is 18.2 Å². The molecule has 0 amide bonds. The highest BCUT2D eigenvalue weighted by Gasteiger charge is 2.03. The van der Waals surface area contributed by atoms with Gasteiger partial charge in [0.2, 0.25) is 0 Å². The number of aryl methyl sites for hydroxylation is 2. The zero-order valence-electron chi connectivity index (χ0n) is 8.87. The van der Waals surface area contributed by atoms with Crippen LogP contribution in [-0.2, 0) is 13.5 Å². The molecule has 0 fully saturated rings. The predicted molar refractivity (Wildman–Crippen MR) is 64.1 cm³/mol. The van der Waals surface area contributed by atoms with E-state index in [1.165, 1.54) is 21.5 Å². The van der Waals surface area contributed by atoms with E-state index in [0.717, 1.165) is 6.42 Å². The normalized spacial score (nSPS) is 11.1. The smallest absolute Gasteiger partial charge is 0.0480 e. The Balaban J connectivity index is 2.66. The highest BCUT2D eigenvalue weighted by Crippen LogP contribution is 2.24. The van der Waals surface area contributed by atoms with Crippen LogP contribution in [0.1, 0.15) is 12.6 Å². The molecule has 1 aromatic carbocycles. The van der Waals surface area contributed by atoms with Gasteiger partial charge in [-0.3, -0.25) is 0 Å². The molecule has 1 nitrogen and oxygen atoms in total. The van der Waals surface area contributed by atoms with Crippen LogP contribution in [0.2, 0.25) is 0 Å². The zero-order chi connectivity index (χ0) is 10.1. The Hall–Kier alpha value is -0.890. The second-order valence-electron chi connectivity index (χ2n) is 3.47. The number of benzene rings is 1. The van der Waals surface area contributed by atoms with Gasteiger partial charge in [0.1, 0.15) is 0 Å². The Morgan fingerprint density at radius 2 is 2.07 bits per heavy atom. The third kappa shape index (κ3) is 1.44. The fourth-order valence-electron chi connectivity index (χ4n) is 1.85. The second kappa shape index (κ2) is 3.70. The lowest BCUT2D eigenvalue weighted by atomic mass is 10.2. The Bertz CT molecular complexity index is 457. The molecule has 0 aliphatic heterocycles. The summed E-state index contributed by atoms with van der Waals surface area (Å²) < 4.78 is 2.28. The van der Waals surface area contributed by atoms with E-state index in [1.807, 2.05) is 0 Å². The molecule has 0 aliphatic carbocycles. The molecule has 0 atom stereocenters. The highest BCUT2D eigenvalue weighted by atomic mass is 32.2. The summed E-state index contributed by atoms with van der Waals surface area (Å²) in [6.45, 7) is 2.20. The van der Waals surface area contributed by atoms with E-state index in [1.54, 1.807) is 11.8 Å². The molecule has 0 unspecified atom stereocenters. The van der Waals surface area contributed by atoms with Crippen LogP contribution in [-0.4, -0.2) is 10.8 Å². The van der Waals surface area contributed by atoms with Crippen molar-refractivity contribution < 1.29 is 0 Å². The summed E-state index contributed by atoms with van der Waals surface area (Å²) in [5.41, 5.74) is 2.73. The number of hydrogen-bond acceptors (Lipinski definition) is 1. The summed E-state index contributed by atoms with van der Waals surface area (Å²) in [5.74, 6) is 0. The molecular formula is C12H15NS. The third-order valence-electron chi connectivity index (χ3n) is 2.71. The minimum absolute atomic E-state index is 1.10. The summed E-state index contributed by atoms with van der Waals surface area (Å²) >= 11 is 1.80. The SMILES string of the molecule is CCc1cc2cc(SC)ccc2n1C. The van der Waals surface area contributed by atoms with Gasteiger partial charge in [0, 0.05) is 28.5 Å². The quantitative estimate of drug-likeness (QED) is 0.680. The Morgan fingerprint density at radius 3 is 2.71 bits per heavy atom. The molecule has 0 radical (unpaired) electrons. The third-order valence-corrected chi connectivity index (χ3v) is 3.44. The van der Waals surface area contributed by atoms with Gasteiger partial charge in [-0.2, -0.15) is 0 Å². The lowest BCUT2D eigenvalue weighted by Crippen LogP contribution is -1.92. The monoisotopic (exact) mass is 205 g/mol. The van der Waals surface area contributed by atoms with E-state index in [9.17, 15) is 0 Å². The lowest BCUT2D eigenvalue weighted by Gasteiger charge is -2.01. The summed E-state index contributed by atoms with van der Waals surface area (Å²) in [5, 5.41) is 1.36. The maximum Gasteiger partial charge on any atom is 0.0480 e. The second-order valence-corrected chi connectivity index (χ2v) is 4.35. The van der Waals surface area contributed by atoms with E-state index in [2.05, 4.69) is 49.1 Å². The molecule has 1 heterocycles. The van der Waals surface area contributed by atoms with Crippen LogP contribution in [0.15, 0.2) is 29.2 Å². The summed E-state index contributed by atoms with van der Waals surface area (Å²) in [4.78, 5) is 1.34. The van der Waals surface area contributed by atoms with Gasteiger partial charge in [0.25, 0.3) is 0 Å².